The van der Waals surface area contributed by atoms with Gasteiger partial charge in [-0.25, -0.2) is 0 Å². The molecule has 0 unspecified atom stereocenters. The Morgan fingerprint density at radius 2 is 1.37 bits per heavy atom. The molecular formula is C23H24BrN3O7S. The molecule has 1 aromatic heterocycles. The fourth-order valence-electron chi connectivity index (χ4n) is 3.16. The number of methoxy groups -OCH3 is 6. The van der Waals surface area contributed by atoms with Crippen LogP contribution in [-0.2, 0) is 0 Å². The van der Waals surface area contributed by atoms with Crippen LogP contribution < -0.4 is 33.7 Å². The van der Waals surface area contributed by atoms with E-state index in [-0.39, 0.29) is 0 Å². The Labute approximate surface area is 214 Å². The van der Waals surface area contributed by atoms with Crippen LogP contribution in [0.4, 0.5) is 5.13 Å². The number of anilines is 1. The zero-order valence-electron chi connectivity index (χ0n) is 19.9. The molecule has 0 radical (unpaired) electrons. The zero-order valence-corrected chi connectivity index (χ0v) is 22.3. The lowest BCUT2D eigenvalue weighted by Crippen LogP contribution is -2.12. The van der Waals surface area contributed by atoms with Crippen molar-refractivity contribution in [3.05, 3.63) is 38.8 Å². The van der Waals surface area contributed by atoms with E-state index in [0.29, 0.717) is 54.7 Å². The number of carbonyl (C=O) groups is 1. The highest BCUT2D eigenvalue weighted by Crippen LogP contribution is 2.45. The summed E-state index contributed by atoms with van der Waals surface area (Å²) >= 11 is 4.74. The molecule has 3 aromatic rings. The number of benzene rings is 2. The van der Waals surface area contributed by atoms with Gasteiger partial charge in [-0.05, 0) is 45.8 Å². The number of carbonyl (C=O) groups excluding carboxylic acids is 1. The number of aromatic nitrogens is 2. The number of hydrogen-bond donors (Lipinski definition) is 1. The lowest BCUT2D eigenvalue weighted by molar-refractivity contribution is 0.102. The summed E-state index contributed by atoms with van der Waals surface area (Å²) in [6.07, 6.45) is 3.58. The molecule has 0 aliphatic rings. The van der Waals surface area contributed by atoms with Crippen LogP contribution in [0.2, 0.25) is 0 Å². The summed E-state index contributed by atoms with van der Waals surface area (Å²) in [7, 11) is 9.09. The predicted octanol–water partition coefficient (Wildman–Crippen LogP) is 4.77. The van der Waals surface area contributed by atoms with E-state index >= 15 is 0 Å². The number of rotatable bonds is 10. The molecule has 186 valence electrons. The molecule has 0 spiro atoms. The second kappa shape index (κ2) is 11.8. The van der Waals surface area contributed by atoms with Gasteiger partial charge in [0, 0.05) is 5.56 Å². The van der Waals surface area contributed by atoms with Crippen LogP contribution >= 0.6 is 27.3 Å². The molecule has 0 saturated heterocycles. The smallest absolute Gasteiger partial charge is 0.257 e. The number of halogens is 1. The molecule has 1 heterocycles. The van der Waals surface area contributed by atoms with E-state index in [0.717, 1.165) is 5.56 Å². The summed E-state index contributed by atoms with van der Waals surface area (Å²) in [5.74, 6) is 2.23. The SMILES string of the molecule is COc1cc(C(=O)Nc2nnc(/C=C/c3cc(OC)c(OC)c(OC)c3Br)s2)cc(OC)c1OC. The van der Waals surface area contributed by atoms with Crippen molar-refractivity contribution in [2.45, 2.75) is 0 Å². The van der Waals surface area contributed by atoms with Gasteiger partial charge in [-0.3, -0.25) is 10.1 Å². The minimum Gasteiger partial charge on any atom is -0.493 e. The quantitative estimate of drug-likeness (QED) is 0.371. The van der Waals surface area contributed by atoms with E-state index in [1.807, 2.05) is 6.08 Å². The molecular weight excluding hydrogens is 542 g/mol. The first kappa shape index (κ1) is 26.1. The van der Waals surface area contributed by atoms with Crippen LogP contribution in [0.1, 0.15) is 20.9 Å². The van der Waals surface area contributed by atoms with Gasteiger partial charge in [0.25, 0.3) is 5.91 Å². The summed E-state index contributed by atoms with van der Waals surface area (Å²) in [4.78, 5) is 12.8. The minimum atomic E-state index is -0.400. The van der Waals surface area contributed by atoms with Crippen molar-refractivity contribution in [3.8, 4) is 34.5 Å². The number of ether oxygens (including phenoxy) is 6. The second-order valence-corrected chi connectivity index (χ2v) is 8.50. The molecule has 35 heavy (non-hydrogen) atoms. The van der Waals surface area contributed by atoms with Crippen LogP contribution in [0, 0.1) is 0 Å². The van der Waals surface area contributed by atoms with Gasteiger partial charge in [0.1, 0.15) is 5.01 Å². The van der Waals surface area contributed by atoms with Gasteiger partial charge in [-0.1, -0.05) is 17.4 Å². The first-order chi connectivity index (χ1) is 16.9. The standard InChI is InChI=1S/C23H24BrN3O7S/c1-29-14-10-13(11-15(30-2)19(14)32-4)22(28)25-23-27-26-17(35-23)8-7-12-9-16(31-3)20(33-5)21(34-6)18(12)24/h7-11H,1-6H3,(H,25,27,28)/b8-7+. The van der Waals surface area contributed by atoms with Crippen molar-refractivity contribution in [2.75, 3.05) is 48.0 Å². The van der Waals surface area contributed by atoms with Crippen molar-refractivity contribution < 1.29 is 33.2 Å². The van der Waals surface area contributed by atoms with Crippen molar-refractivity contribution in [3.63, 3.8) is 0 Å². The number of hydrogen-bond acceptors (Lipinski definition) is 10. The summed E-state index contributed by atoms with van der Waals surface area (Å²) in [5.41, 5.74) is 1.09. The van der Waals surface area contributed by atoms with Crippen LogP contribution in [0.15, 0.2) is 22.7 Å². The van der Waals surface area contributed by atoms with Gasteiger partial charge in [-0.15, -0.1) is 10.2 Å². The highest BCUT2D eigenvalue weighted by atomic mass is 79.9. The van der Waals surface area contributed by atoms with Gasteiger partial charge in [0.2, 0.25) is 16.6 Å². The summed E-state index contributed by atoms with van der Waals surface area (Å²) in [6.45, 7) is 0. The summed E-state index contributed by atoms with van der Waals surface area (Å²) in [5, 5.41) is 11.8. The molecule has 0 atom stereocenters. The van der Waals surface area contributed by atoms with E-state index in [1.54, 1.807) is 38.5 Å². The second-order valence-electron chi connectivity index (χ2n) is 6.70. The van der Waals surface area contributed by atoms with Crippen LogP contribution in [0.3, 0.4) is 0 Å². The van der Waals surface area contributed by atoms with Crippen molar-refractivity contribution in [1.82, 2.24) is 10.2 Å². The highest BCUT2D eigenvalue weighted by Gasteiger charge is 2.19. The van der Waals surface area contributed by atoms with Gasteiger partial charge in [-0.2, -0.15) is 0 Å². The summed E-state index contributed by atoms with van der Waals surface area (Å²) in [6, 6.07) is 4.91. The molecule has 12 heteroatoms. The van der Waals surface area contributed by atoms with E-state index in [4.69, 9.17) is 28.4 Å². The van der Waals surface area contributed by atoms with Crippen molar-refractivity contribution in [1.29, 1.82) is 0 Å². The molecule has 0 aliphatic carbocycles. The maximum Gasteiger partial charge on any atom is 0.257 e. The normalized spacial score (nSPS) is 10.7. The number of nitrogens with zero attached hydrogens (tertiary/aromatic N) is 2. The predicted molar refractivity (Wildman–Crippen MR) is 137 cm³/mol. The third-order valence-corrected chi connectivity index (χ3v) is 6.41. The van der Waals surface area contributed by atoms with Crippen LogP contribution in [0.25, 0.3) is 12.2 Å². The Morgan fingerprint density at radius 3 is 1.91 bits per heavy atom. The van der Waals surface area contributed by atoms with Crippen LogP contribution in [0.5, 0.6) is 34.5 Å². The fraction of sp³-hybridized carbons (Fsp3) is 0.261. The Bertz CT molecular complexity index is 1220. The first-order valence-corrected chi connectivity index (χ1v) is 11.6. The number of amides is 1. The largest absolute Gasteiger partial charge is 0.493 e. The Balaban J connectivity index is 1.82. The average Bonchev–Trinajstić information content (AvgIpc) is 3.33. The minimum absolute atomic E-state index is 0.313. The molecule has 3 rings (SSSR count). The van der Waals surface area contributed by atoms with E-state index in [9.17, 15) is 4.79 Å². The molecule has 1 N–H and O–H groups in total. The molecule has 0 saturated carbocycles. The Hall–Kier alpha value is -3.51. The molecule has 0 aliphatic heterocycles. The zero-order chi connectivity index (χ0) is 25.5. The van der Waals surface area contributed by atoms with E-state index in [2.05, 4.69) is 31.4 Å². The van der Waals surface area contributed by atoms with Gasteiger partial charge < -0.3 is 28.4 Å². The lowest BCUT2D eigenvalue weighted by Gasteiger charge is -2.15. The Kier molecular flexibility index (Phi) is 8.77. The number of nitrogens with one attached hydrogen (secondary N) is 1. The van der Waals surface area contributed by atoms with Gasteiger partial charge in [0.15, 0.2) is 23.0 Å². The Morgan fingerprint density at radius 1 is 0.800 bits per heavy atom. The molecule has 10 nitrogen and oxygen atoms in total. The maximum atomic E-state index is 12.8. The van der Waals surface area contributed by atoms with Gasteiger partial charge >= 0.3 is 0 Å². The monoisotopic (exact) mass is 565 g/mol. The first-order valence-electron chi connectivity index (χ1n) is 10.0. The average molecular weight is 566 g/mol. The molecule has 0 fully saturated rings. The molecule has 0 bridgehead atoms. The topological polar surface area (TPSA) is 110 Å². The lowest BCUT2D eigenvalue weighted by atomic mass is 10.1. The third-order valence-electron chi connectivity index (χ3n) is 4.79. The van der Waals surface area contributed by atoms with E-state index < -0.39 is 5.91 Å². The van der Waals surface area contributed by atoms with Crippen molar-refractivity contribution in [2.24, 2.45) is 0 Å². The highest BCUT2D eigenvalue weighted by molar-refractivity contribution is 9.10. The van der Waals surface area contributed by atoms with Crippen molar-refractivity contribution >= 4 is 50.5 Å². The third kappa shape index (κ3) is 5.60. The van der Waals surface area contributed by atoms with E-state index in [1.165, 1.54) is 39.8 Å². The molecule has 1 amide bonds. The maximum absolute atomic E-state index is 12.8. The van der Waals surface area contributed by atoms with Gasteiger partial charge in [0.05, 0.1) is 47.1 Å². The van der Waals surface area contributed by atoms with Crippen LogP contribution in [-0.4, -0.2) is 58.8 Å². The molecule has 2 aromatic carbocycles. The fourth-order valence-corrected chi connectivity index (χ4v) is 4.39. The summed E-state index contributed by atoms with van der Waals surface area (Å²) < 4.78 is 32.8.